The van der Waals surface area contributed by atoms with Crippen LogP contribution in [0.4, 0.5) is 0 Å². The maximum Gasteiger partial charge on any atom is 0.125 e. The van der Waals surface area contributed by atoms with Crippen LogP contribution in [0.5, 0.6) is 0 Å². The van der Waals surface area contributed by atoms with Crippen molar-refractivity contribution in [2.24, 2.45) is 5.92 Å². The van der Waals surface area contributed by atoms with Gasteiger partial charge in [-0.05, 0) is 12.8 Å². The van der Waals surface area contributed by atoms with Crippen LogP contribution in [0.25, 0.3) is 0 Å². The highest BCUT2D eigenvalue weighted by molar-refractivity contribution is 5.54. The number of rotatable bonds is 6. The third-order valence-electron chi connectivity index (χ3n) is 1.99. The fourth-order valence-corrected chi connectivity index (χ4v) is 1.09. The standard InChI is InChI=1S/C9H18O2/c1-3-5-6-9(11)8(4-2)7-10/h7-9,11H,3-6H2,1-2H3. The lowest BCUT2D eigenvalue weighted by molar-refractivity contribution is -0.114. The van der Waals surface area contributed by atoms with E-state index in [1.165, 1.54) is 0 Å². The molecule has 1 N–H and O–H groups in total. The number of hydrogen-bond acceptors (Lipinski definition) is 2. The number of aliphatic hydroxyl groups is 1. The van der Waals surface area contributed by atoms with Gasteiger partial charge >= 0.3 is 0 Å². The van der Waals surface area contributed by atoms with Gasteiger partial charge in [-0.15, -0.1) is 0 Å². The minimum Gasteiger partial charge on any atom is -0.392 e. The third kappa shape index (κ3) is 4.14. The van der Waals surface area contributed by atoms with Gasteiger partial charge in [-0.25, -0.2) is 0 Å². The first-order valence-corrected chi connectivity index (χ1v) is 4.39. The highest BCUT2D eigenvalue weighted by Gasteiger charge is 2.14. The second kappa shape index (κ2) is 6.35. The van der Waals surface area contributed by atoms with Crippen molar-refractivity contribution in [3.05, 3.63) is 0 Å². The molecule has 2 unspecified atom stereocenters. The van der Waals surface area contributed by atoms with E-state index in [0.717, 1.165) is 32.0 Å². The molecule has 0 aliphatic rings. The molecule has 0 aromatic heterocycles. The second-order valence-electron chi connectivity index (χ2n) is 2.92. The van der Waals surface area contributed by atoms with E-state index in [4.69, 9.17) is 0 Å². The molecule has 2 atom stereocenters. The van der Waals surface area contributed by atoms with Gasteiger partial charge in [0, 0.05) is 5.92 Å². The van der Waals surface area contributed by atoms with Crippen LogP contribution in [-0.4, -0.2) is 17.5 Å². The lowest BCUT2D eigenvalue weighted by Gasteiger charge is -2.14. The van der Waals surface area contributed by atoms with Crippen molar-refractivity contribution >= 4 is 6.29 Å². The second-order valence-corrected chi connectivity index (χ2v) is 2.92. The lowest BCUT2D eigenvalue weighted by Crippen LogP contribution is -2.20. The molecule has 2 heteroatoms. The maximum absolute atomic E-state index is 10.4. The summed E-state index contributed by atoms with van der Waals surface area (Å²) in [6.45, 7) is 4.00. The Morgan fingerprint density at radius 1 is 1.45 bits per heavy atom. The molecule has 0 fully saturated rings. The van der Waals surface area contributed by atoms with Gasteiger partial charge in [0.05, 0.1) is 6.10 Å². The molecule has 0 amide bonds. The van der Waals surface area contributed by atoms with E-state index in [1.54, 1.807) is 0 Å². The summed E-state index contributed by atoms with van der Waals surface area (Å²) in [5.74, 6) is -0.151. The van der Waals surface area contributed by atoms with Crippen molar-refractivity contribution < 1.29 is 9.90 Å². The van der Waals surface area contributed by atoms with E-state index < -0.39 is 6.10 Å². The highest BCUT2D eigenvalue weighted by Crippen LogP contribution is 2.11. The van der Waals surface area contributed by atoms with Gasteiger partial charge in [0.15, 0.2) is 0 Å². The smallest absolute Gasteiger partial charge is 0.125 e. The number of carbonyl (C=O) groups excluding carboxylic acids is 1. The lowest BCUT2D eigenvalue weighted by atomic mass is 9.97. The minimum absolute atomic E-state index is 0.151. The molecule has 0 aromatic rings. The fourth-order valence-electron chi connectivity index (χ4n) is 1.09. The fraction of sp³-hybridized carbons (Fsp3) is 0.889. The normalized spacial score (nSPS) is 15.9. The van der Waals surface area contributed by atoms with Gasteiger partial charge in [0.25, 0.3) is 0 Å². The van der Waals surface area contributed by atoms with Crippen molar-refractivity contribution in [1.29, 1.82) is 0 Å². The molecule has 0 aromatic carbocycles. The predicted octanol–water partition coefficient (Wildman–Crippen LogP) is 1.76. The molecular weight excluding hydrogens is 140 g/mol. The molecule has 0 saturated carbocycles. The van der Waals surface area contributed by atoms with Crippen molar-refractivity contribution in [2.45, 2.75) is 45.6 Å². The zero-order valence-electron chi connectivity index (χ0n) is 7.42. The number of aldehydes is 1. The Bertz CT molecular complexity index is 102. The number of carbonyl (C=O) groups is 1. The van der Waals surface area contributed by atoms with Gasteiger partial charge in [0.2, 0.25) is 0 Å². The van der Waals surface area contributed by atoms with Crippen molar-refractivity contribution in [2.75, 3.05) is 0 Å². The Labute approximate surface area is 68.6 Å². The molecule has 2 nitrogen and oxygen atoms in total. The first-order chi connectivity index (χ1) is 5.26. The Kier molecular flexibility index (Phi) is 6.13. The van der Waals surface area contributed by atoms with Crippen molar-refractivity contribution in [1.82, 2.24) is 0 Å². The van der Waals surface area contributed by atoms with Gasteiger partial charge in [0.1, 0.15) is 6.29 Å². The molecule has 0 radical (unpaired) electrons. The first kappa shape index (κ1) is 10.6. The molecule has 0 rings (SSSR count). The quantitative estimate of drug-likeness (QED) is 0.598. The van der Waals surface area contributed by atoms with E-state index >= 15 is 0 Å². The maximum atomic E-state index is 10.4. The van der Waals surface area contributed by atoms with E-state index in [2.05, 4.69) is 6.92 Å². The molecule has 0 heterocycles. The summed E-state index contributed by atoms with van der Waals surface area (Å²) in [5, 5.41) is 9.41. The van der Waals surface area contributed by atoms with E-state index in [1.807, 2.05) is 6.92 Å². The summed E-state index contributed by atoms with van der Waals surface area (Å²) in [5.41, 5.74) is 0. The van der Waals surface area contributed by atoms with Crippen LogP contribution in [0.3, 0.4) is 0 Å². The Morgan fingerprint density at radius 3 is 2.45 bits per heavy atom. The number of unbranched alkanes of at least 4 members (excludes halogenated alkanes) is 1. The van der Waals surface area contributed by atoms with Crippen molar-refractivity contribution in [3.63, 3.8) is 0 Å². The molecule has 0 aliphatic carbocycles. The molecular formula is C9H18O2. The van der Waals surface area contributed by atoms with E-state index in [-0.39, 0.29) is 5.92 Å². The van der Waals surface area contributed by atoms with Crippen LogP contribution in [0, 0.1) is 5.92 Å². The average molecular weight is 158 g/mol. The molecule has 0 saturated heterocycles. The van der Waals surface area contributed by atoms with Crippen molar-refractivity contribution in [3.8, 4) is 0 Å². The zero-order chi connectivity index (χ0) is 8.69. The number of aliphatic hydroxyl groups excluding tert-OH is 1. The van der Waals surface area contributed by atoms with Gasteiger partial charge in [-0.2, -0.15) is 0 Å². The Balaban J connectivity index is 3.59. The molecule has 0 bridgehead atoms. The molecule has 0 spiro atoms. The Hall–Kier alpha value is -0.370. The molecule has 66 valence electrons. The third-order valence-corrected chi connectivity index (χ3v) is 1.99. The average Bonchev–Trinajstić information content (AvgIpc) is 2.03. The van der Waals surface area contributed by atoms with Crippen LogP contribution >= 0.6 is 0 Å². The summed E-state index contributed by atoms with van der Waals surface area (Å²) in [4.78, 5) is 10.4. The minimum atomic E-state index is -0.419. The predicted molar refractivity (Wildman–Crippen MR) is 45.4 cm³/mol. The summed E-state index contributed by atoms with van der Waals surface area (Å²) in [6.07, 6.45) is 4.03. The van der Waals surface area contributed by atoms with E-state index in [9.17, 15) is 9.90 Å². The summed E-state index contributed by atoms with van der Waals surface area (Å²) in [7, 11) is 0. The van der Waals surface area contributed by atoms with Crippen LogP contribution in [0.15, 0.2) is 0 Å². The van der Waals surface area contributed by atoms with Crippen LogP contribution in [0.1, 0.15) is 39.5 Å². The summed E-state index contributed by atoms with van der Waals surface area (Å²) < 4.78 is 0. The molecule has 11 heavy (non-hydrogen) atoms. The van der Waals surface area contributed by atoms with Gasteiger partial charge in [-0.3, -0.25) is 0 Å². The van der Waals surface area contributed by atoms with Crippen LogP contribution < -0.4 is 0 Å². The first-order valence-electron chi connectivity index (χ1n) is 4.39. The summed E-state index contributed by atoms with van der Waals surface area (Å²) in [6, 6.07) is 0. The summed E-state index contributed by atoms with van der Waals surface area (Å²) >= 11 is 0. The largest absolute Gasteiger partial charge is 0.392 e. The monoisotopic (exact) mass is 158 g/mol. The highest BCUT2D eigenvalue weighted by atomic mass is 16.3. The topological polar surface area (TPSA) is 37.3 Å². The van der Waals surface area contributed by atoms with Gasteiger partial charge in [-0.1, -0.05) is 26.7 Å². The molecule has 0 aliphatic heterocycles. The van der Waals surface area contributed by atoms with Crippen LogP contribution in [-0.2, 0) is 4.79 Å². The zero-order valence-corrected chi connectivity index (χ0v) is 7.42. The van der Waals surface area contributed by atoms with Crippen LogP contribution in [0.2, 0.25) is 0 Å². The number of hydrogen-bond donors (Lipinski definition) is 1. The van der Waals surface area contributed by atoms with E-state index in [0.29, 0.717) is 0 Å². The van der Waals surface area contributed by atoms with Gasteiger partial charge < -0.3 is 9.90 Å². The Morgan fingerprint density at radius 2 is 2.09 bits per heavy atom. The SMILES string of the molecule is CCCCC(O)C(C=O)CC.